The number of methoxy groups -OCH3 is 1. The van der Waals surface area contributed by atoms with Crippen LogP contribution in [0.1, 0.15) is 29.5 Å². The normalized spacial score (nSPS) is 20.7. The van der Waals surface area contributed by atoms with E-state index in [2.05, 4.69) is 15.9 Å². The molecule has 1 aromatic rings. The third kappa shape index (κ3) is 1.44. The number of rotatable bonds is 2. The lowest BCUT2D eigenvalue weighted by atomic mass is 9.87. The first-order valence-corrected chi connectivity index (χ1v) is 7.70. The van der Waals surface area contributed by atoms with E-state index in [1.807, 2.05) is 0 Å². The highest BCUT2D eigenvalue weighted by molar-refractivity contribution is 9.10. The minimum Gasteiger partial charge on any atom is -0.493 e. The Balaban J connectivity index is 1.99. The predicted octanol–water partition coefficient (Wildman–Crippen LogP) is 2.52. The van der Waals surface area contributed by atoms with Crippen LogP contribution < -0.4 is 9.47 Å². The van der Waals surface area contributed by atoms with Gasteiger partial charge in [0.15, 0.2) is 0 Å². The van der Waals surface area contributed by atoms with Crippen molar-refractivity contribution in [2.45, 2.75) is 31.1 Å². The molecule has 0 aromatic heterocycles. The molecule has 20 heavy (non-hydrogen) atoms. The van der Waals surface area contributed by atoms with Gasteiger partial charge in [0.05, 0.1) is 30.2 Å². The summed E-state index contributed by atoms with van der Waals surface area (Å²) in [7, 11) is 1.46. The highest BCUT2D eigenvalue weighted by atomic mass is 79.9. The highest BCUT2D eigenvalue weighted by Gasteiger charge is 2.57. The maximum absolute atomic E-state index is 12.3. The van der Waals surface area contributed by atoms with Crippen LogP contribution in [-0.4, -0.2) is 26.3 Å². The van der Waals surface area contributed by atoms with E-state index in [0.29, 0.717) is 13.2 Å². The zero-order chi connectivity index (χ0) is 13.9. The summed E-state index contributed by atoms with van der Waals surface area (Å²) in [5.74, 6) is 1.65. The minimum atomic E-state index is -0.498. The number of carbonyl (C=O) groups excluding carboxylic acids is 1. The molecule has 1 saturated carbocycles. The van der Waals surface area contributed by atoms with E-state index >= 15 is 0 Å². The molecule has 2 aliphatic heterocycles. The Morgan fingerprint density at radius 1 is 1.15 bits per heavy atom. The topological polar surface area (TPSA) is 44.8 Å². The first-order chi connectivity index (χ1) is 9.69. The Bertz CT molecular complexity index is 584. The molecular formula is C15H15BrO4. The molecule has 0 radical (unpaired) electrons. The summed E-state index contributed by atoms with van der Waals surface area (Å²) >= 11 is 3.64. The molecule has 1 aliphatic carbocycles. The van der Waals surface area contributed by atoms with Crippen molar-refractivity contribution in [3.05, 3.63) is 21.2 Å². The number of hydrogen-bond donors (Lipinski definition) is 0. The second-order valence-electron chi connectivity index (χ2n) is 5.57. The van der Waals surface area contributed by atoms with Crippen molar-refractivity contribution in [3.63, 3.8) is 0 Å². The van der Waals surface area contributed by atoms with Gasteiger partial charge in [0, 0.05) is 29.5 Å². The van der Waals surface area contributed by atoms with Gasteiger partial charge in [0.2, 0.25) is 0 Å². The fourth-order valence-corrected chi connectivity index (χ4v) is 4.17. The van der Waals surface area contributed by atoms with Gasteiger partial charge in [-0.3, -0.25) is 4.79 Å². The molecular weight excluding hydrogens is 324 g/mol. The van der Waals surface area contributed by atoms with Crippen LogP contribution in [0.2, 0.25) is 0 Å². The predicted molar refractivity (Wildman–Crippen MR) is 75.5 cm³/mol. The molecule has 1 fully saturated rings. The van der Waals surface area contributed by atoms with Gasteiger partial charge in [-0.05, 0) is 28.8 Å². The highest BCUT2D eigenvalue weighted by Crippen LogP contribution is 2.59. The average Bonchev–Trinajstić information content (AvgIpc) is 2.90. The summed E-state index contributed by atoms with van der Waals surface area (Å²) in [5.41, 5.74) is 2.80. The van der Waals surface area contributed by atoms with Crippen molar-refractivity contribution in [3.8, 4) is 11.5 Å². The SMILES string of the molecule is COC(=O)C1(c2c3c(c(Br)c4c2OCC4)OCC3)CC1. The number of halogens is 1. The van der Waals surface area contributed by atoms with E-state index < -0.39 is 5.41 Å². The van der Waals surface area contributed by atoms with Gasteiger partial charge in [-0.1, -0.05) is 0 Å². The molecule has 4 rings (SSSR count). The van der Waals surface area contributed by atoms with E-state index in [1.54, 1.807) is 0 Å². The van der Waals surface area contributed by atoms with E-state index in [9.17, 15) is 4.79 Å². The van der Waals surface area contributed by atoms with Gasteiger partial charge >= 0.3 is 5.97 Å². The lowest BCUT2D eigenvalue weighted by Gasteiger charge is -2.20. The number of hydrogen-bond acceptors (Lipinski definition) is 4. The molecule has 5 heteroatoms. The molecule has 0 atom stereocenters. The fourth-order valence-electron chi connectivity index (χ4n) is 3.44. The fraction of sp³-hybridized carbons (Fsp3) is 0.533. The van der Waals surface area contributed by atoms with Crippen molar-refractivity contribution < 1.29 is 19.0 Å². The van der Waals surface area contributed by atoms with Crippen LogP contribution in [0.15, 0.2) is 4.47 Å². The molecule has 0 amide bonds. The lowest BCUT2D eigenvalue weighted by molar-refractivity contribution is -0.143. The quantitative estimate of drug-likeness (QED) is 0.777. The van der Waals surface area contributed by atoms with E-state index in [-0.39, 0.29) is 5.97 Å². The molecule has 106 valence electrons. The minimum absolute atomic E-state index is 0.147. The zero-order valence-electron chi connectivity index (χ0n) is 11.3. The van der Waals surface area contributed by atoms with Crippen LogP contribution in [0.25, 0.3) is 0 Å². The van der Waals surface area contributed by atoms with Crippen molar-refractivity contribution in [1.82, 2.24) is 0 Å². The van der Waals surface area contributed by atoms with Crippen LogP contribution in [0.4, 0.5) is 0 Å². The first-order valence-electron chi connectivity index (χ1n) is 6.91. The molecule has 4 nitrogen and oxygen atoms in total. The molecule has 0 spiro atoms. The number of ether oxygens (including phenoxy) is 3. The largest absolute Gasteiger partial charge is 0.493 e. The second kappa shape index (κ2) is 4.13. The maximum Gasteiger partial charge on any atom is 0.316 e. The Morgan fingerprint density at radius 3 is 2.45 bits per heavy atom. The van der Waals surface area contributed by atoms with Crippen molar-refractivity contribution in [1.29, 1.82) is 0 Å². The van der Waals surface area contributed by atoms with Crippen molar-refractivity contribution in [2.75, 3.05) is 20.3 Å². The molecule has 2 heterocycles. The van der Waals surface area contributed by atoms with E-state index in [4.69, 9.17) is 14.2 Å². The van der Waals surface area contributed by atoms with Crippen LogP contribution in [0.5, 0.6) is 11.5 Å². The molecule has 0 N–H and O–H groups in total. The van der Waals surface area contributed by atoms with E-state index in [1.165, 1.54) is 7.11 Å². The monoisotopic (exact) mass is 338 g/mol. The van der Waals surface area contributed by atoms with Gasteiger partial charge in [-0.2, -0.15) is 0 Å². The first kappa shape index (κ1) is 12.5. The number of fused-ring (bicyclic) bond motifs is 2. The summed E-state index contributed by atoms with van der Waals surface area (Å²) in [5, 5.41) is 0. The summed E-state index contributed by atoms with van der Waals surface area (Å²) in [6, 6.07) is 0. The Kier molecular flexibility index (Phi) is 2.58. The second-order valence-corrected chi connectivity index (χ2v) is 6.37. The molecule has 3 aliphatic rings. The van der Waals surface area contributed by atoms with Gasteiger partial charge in [0.1, 0.15) is 11.5 Å². The van der Waals surface area contributed by atoms with Crippen LogP contribution >= 0.6 is 15.9 Å². The number of esters is 1. The molecule has 0 saturated heterocycles. The number of carbonyl (C=O) groups is 1. The van der Waals surface area contributed by atoms with Crippen molar-refractivity contribution >= 4 is 21.9 Å². The Hall–Kier alpha value is -1.23. The van der Waals surface area contributed by atoms with Crippen molar-refractivity contribution in [2.24, 2.45) is 0 Å². The van der Waals surface area contributed by atoms with Crippen LogP contribution in [0, 0.1) is 0 Å². The van der Waals surface area contributed by atoms with Gasteiger partial charge in [-0.15, -0.1) is 0 Å². The zero-order valence-corrected chi connectivity index (χ0v) is 12.8. The maximum atomic E-state index is 12.3. The van der Waals surface area contributed by atoms with Crippen LogP contribution in [-0.2, 0) is 27.8 Å². The Labute approximate surface area is 125 Å². The van der Waals surface area contributed by atoms with Gasteiger partial charge < -0.3 is 14.2 Å². The Morgan fingerprint density at radius 2 is 1.80 bits per heavy atom. The summed E-state index contributed by atoms with van der Waals surface area (Å²) in [4.78, 5) is 12.3. The summed E-state index contributed by atoms with van der Waals surface area (Å²) < 4.78 is 17.7. The molecule has 1 aromatic carbocycles. The third-order valence-corrected chi connectivity index (χ3v) is 5.38. The number of benzene rings is 1. The average molecular weight is 339 g/mol. The smallest absolute Gasteiger partial charge is 0.316 e. The lowest BCUT2D eigenvalue weighted by Crippen LogP contribution is -2.24. The third-order valence-electron chi connectivity index (χ3n) is 4.54. The summed E-state index contributed by atoms with van der Waals surface area (Å²) in [6.45, 7) is 1.34. The molecule has 0 bridgehead atoms. The van der Waals surface area contributed by atoms with Gasteiger partial charge in [0.25, 0.3) is 0 Å². The summed E-state index contributed by atoms with van der Waals surface area (Å²) in [6.07, 6.45) is 3.36. The van der Waals surface area contributed by atoms with E-state index in [0.717, 1.165) is 58.3 Å². The standard InChI is InChI=1S/C15H15BrO4/c1-18-14(17)15(4-5-15)10-8-2-6-20-13(8)11(16)9-3-7-19-12(9)10/h2-7H2,1H3. The van der Waals surface area contributed by atoms with Gasteiger partial charge in [-0.25, -0.2) is 0 Å². The van der Waals surface area contributed by atoms with Crippen LogP contribution in [0.3, 0.4) is 0 Å². The molecule has 0 unspecified atom stereocenters.